The maximum Gasteiger partial charge on any atom is 0.227 e. The van der Waals surface area contributed by atoms with Crippen LogP contribution in [0.2, 0.25) is 0 Å². The molecule has 5 heteroatoms. The first-order valence-electron chi connectivity index (χ1n) is 6.99. The Morgan fingerprint density at radius 3 is 2.89 bits per heavy atom. The minimum atomic E-state index is -0.232. The summed E-state index contributed by atoms with van der Waals surface area (Å²) < 4.78 is 5.37. The average molecular weight is 256 g/mol. The topological polar surface area (TPSA) is 75.8 Å². The maximum atomic E-state index is 12.5. The van der Waals surface area contributed by atoms with Crippen LogP contribution in [-0.2, 0) is 9.53 Å². The van der Waals surface area contributed by atoms with E-state index in [0.717, 1.165) is 25.7 Å². The molecule has 0 spiro atoms. The molecule has 3 unspecified atom stereocenters. The number of amides is 1. The highest BCUT2D eigenvalue weighted by Gasteiger charge is 2.33. The Hall–Kier alpha value is -0.650. The van der Waals surface area contributed by atoms with Gasteiger partial charge in [0.2, 0.25) is 5.91 Å². The highest BCUT2D eigenvalue weighted by Crippen LogP contribution is 2.24. The predicted molar refractivity (Wildman–Crippen MR) is 68.0 cm³/mol. The number of morpholine rings is 1. The molecule has 0 aromatic rings. The van der Waals surface area contributed by atoms with Gasteiger partial charge in [0, 0.05) is 19.1 Å². The van der Waals surface area contributed by atoms with Gasteiger partial charge in [0.05, 0.1) is 25.2 Å². The van der Waals surface area contributed by atoms with E-state index in [4.69, 9.17) is 15.6 Å². The molecule has 2 rings (SSSR count). The number of aliphatic hydroxyl groups excluding tert-OH is 1. The number of ether oxygens (including phenoxy) is 1. The van der Waals surface area contributed by atoms with Crippen LogP contribution in [0.5, 0.6) is 0 Å². The van der Waals surface area contributed by atoms with Gasteiger partial charge < -0.3 is 20.5 Å². The summed E-state index contributed by atoms with van der Waals surface area (Å²) in [6.45, 7) is 1.61. The van der Waals surface area contributed by atoms with Gasteiger partial charge >= 0.3 is 0 Å². The third kappa shape index (κ3) is 3.22. The first-order chi connectivity index (χ1) is 8.72. The van der Waals surface area contributed by atoms with Crippen molar-refractivity contribution in [3.63, 3.8) is 0 Å². The van der Waals surface area contributed by atoms with E-state index in [9.17, 15) is 4.79 Å². The Labute approximate surface area is 108 Å². The molecule has 1 heterocycles. The Morgan fingerprint density at radius 1 is 1.33 bits per heavy atom. The summed E-state index contributed by atoms with van der Waals surface area (Å²) in [5.41, 5.74) is 6.13. The van der Waals surface area contributed by atoms with Crippen LogP contribution in [0.1, 0.15) is 32.1 Å². The minimum Gasteiger partial charge on any atom is -0.394 e. The fourth-order valence-corrected chi connectivity index (χ4v) is 2.91. The zero-order valence-electron chi connectivity index (χ0n) is 10.9. The van der Waals surface area contributed by atoms with Crippen molar-refractivity contribution in [1.82, 2.24) is 4.90 Å². The Balaban J connectivity index is 1.96. The van der Waals surface area contributed by atoms with Gasteiger partial charge in [-0.2, -0.15) is 0 Å². The number of rotatable bonds is 2. The molecular weight excluding hydrogens is 232 g/mol. The van der Waals surface area contributed by atoms with E-state index in [-0.39, 0.29) is 30.6 Å². The second-order valence-corrected chi connectivity index (χ2v) is 5.37. The number of carbonyl (C=O) groups is 1. The van der Waals surface area contributed by atoms with Crippen molar-refractivity contribution in [2.45, 2.75) is 44.2 Å². The zero-order chi connectivity index (χ0) is 13.0. The van der Waals surface area contributed by atoms with E-state index in [0.29, 0.717) is 19.7 Å². The number of hydrogen-bond acceptors (Lipinski definition) is 4. The molecule has 1 aliphatic carbocycles. The van der Waals surface area contributed by atoms with Crippen LogP contribution in [0.25, 0.3) is 0 Å². The predicted octanol–water partition coefficient (Wildman–Crippen LogP) is 0.114. The number of nitrogens with zero attached hydrogens (tertiary/aromatic N) is 1. The molecule has 104 valence electrons. The maximum absolute atomic E-state index is 12.5. The second-order valence-electron chi connectivity index (χ2n) is 5.37. The summed E-state index contributed by atoms with van der Waals surface area (Å²) >= 11 is 0. The van der Waals surface area contributed by atoms with Crippen LogP contribution < -0.4 is 5.73 Å². The Morgan fingerprint density at radius 2 is 2.11 bits per heavy atom. The van der Waals surface area contributed by atoms with Gasteiger partial charge in [0.1, 0.15) is 0 Å². The third-order valence-corrected chi connectivity index (χ3v) is 4.04. The lowest BCUT2D eigenvalue weighted by Crippen LogP contribution is -2.51. The van der Waals surface area contributed by atoms with E-state index in [2.05, 4.69) is 0 Å². The molecule has 2 fully saturated rings. The lowest BCUT2D eigenvalue weighted by molar-refractivity contribution is -0.145. The van der Waals surface area contributed by atoms with Gasteiger partial charge in [0.15, 0.2) is 0 Å². The molecule has 1 saturated carbocycles. The Kier molecular flexibility index (Phi) is 4.97. The zero-order valence-corrected chi connectivity index (χ0v) is 10.9. The van der Waals surface area contributed by atoms with Crippen LogP contribution in [0.15, 0.2) is 0 Å². The molecule has 0 radical (unpaired) electrons. The smallest absolute Gasteiger partial charge is 0.227 e. The van der Waals surface area contributed by atoms with Gasteiger partial charge in [-0.1, -0.05) is 19.3 Å². The molecule has 0 aromatic heterocycles. The van der Waals surface area contributed by atoms with Crippen molar-refractivity contribution < 1.29 is 14.6 Å². The van der Waals surface area contributed by atoms with Crippen molar-refractivity contribution in [2.75, 3.05) is 26.3 Å². The summed E-state index contributed by atoms with van der Waals surface area (Å²) in [4.78, 5) is 14.3. The SMILES string of the molecule is NC1CCCCCC1C(=O)N1CCOC(CO)C1. The largest absolute Gasteiger partial charge is 0.394 e. The highest BCUT2D eigenvalue weighted by molar-refractivity contribution is 5.79. The van der Waals surface area contributed by atoms with Gasteiger partial charge in [-0.3, -0.25) is 4.79 Å². The first-order valence-corrected chi connectivity index (χ1v) is 6.99. The molecule has 2 aliphatic rings. The van der Waals surface area contributed by atoms with E-state index in [1.54, 1.807) is 0 Å². The quantitative estimate of drug-likeness (QED) is 0.688. The van der Waals surface area contributed by atoms with Crippen LogP contribution in [0.4, 0.5) is 0 Å². The average Bonchev–Trinajstić information content (AvgIpc) is 2.62. The van der Waals surface area contributed by atoms with Gasteiger partial charge in [-0.05, 0) is 12.8 Å². The Bertz CT molecular complexity index is 285. The van der Waals surface area contributed by atoms with E-state index in [1.807, 2.05) is 4.90 Å². The van der Waals surface area contributed by atoms with Crippen molar-refractivity contribution >= 4 is 5.91 Å². The van der Waals surface area contributed by atoms with Crippen molar-refractivity contribution in [3.8, 4) is 0 Å². The summed E-state index contributed by atoms with van der Waals surface area (Å²) in [6, 6.07) is -0.00424. The molecular formula is C13H24N2O3. The molecule has 3 N–H and O–H groups in total. The summed E-state index contributed by atoms with van der Waals surface area (Å²) in [5.74, 6) is 0.121. The normalized spacial score (nSPS) is 34.1. The van der Waals surface area contributed by atoms with Crippen LogP contribution in [0, 0.1) is 5.92 Å². The molecule has 0 aromatic carbocycles. The van der Waals surface area contributed by atoms with Gasteiger partial charge in [-0.15, -0.1) is 0 Å². The monoisotopic (exact) mass is 256 g/mol. The van der Waals surface area contributed by atoms with Crippen molar-refractivity contribution in [2.24, 2.45) is 11.7 Å². The fourth-order valence-electron chi connectivity index (χ4n) is 2.91. The molecule has 3 atom stereocenters. The first kappa shape index (κ1) is 13.8. The number of nitrogens with two attached hydrogens (primary N) is 1. The van der Waals surface area contributed by atoms with E-state index < -0.39 is 0 Å². The molecule has 1 amide bonds. The van der Waals surface area contributed by atoms with Gasteiger partial charge in [0.25, 0.3) is 0 Å². The van der Waals surface area contributed by atoms with Gasteiger partial charge in [-0.25, -0.2) is 0 Å². The van der Waals surface area contributed by atoms with E-state index in [1.165, 1.54) is 6.42 Å². The molecule has 5 nitrogen and oxygen atoms in total. The van der Waals surface area contributed by atoms with Crippen molar-refractivity contribution in [3.05, 3.63) is 0 Å². The summed E-state index contributed by atoms with van der Waals surface area (Å²) in [5, 5.41) is 9.11. The minimum absolute atomic E-state index is 0.00424. The standard InChI is InChI=1S/C13H24N2O3/c14-12-5-3-1-2-4-11(12)13(17)15-6-7-18-10(8-15)9-16/h10-12,16H,1-9,14H2. The number of hydrogen-bond donors (Lipinski definition) is 2. The molecule has 1 aliphatic heterocycles. The number of aliphatic hydroxyl groups is 1. The summed E-state index contributed by atoms with van der Waals surface area (Å²) in [7, 11) is 0. The highest BCUT2D eigenvalue weighted by atomic mass is 16.5. The van der Waals surface area contributed by atoms with Crippen LogP contribution in [0.3, 0.4) is 0 Å². The number of carbonyl (C=O) groups excluding carboxylic acids is 1. The van der Waals surface area contributed by atoms with Crippen molar-refractivity contribution in [1.29, 1.82) is 0 Å². The molecule has 0 bridgehead atoms. The molecule has 1 saturated heterocycles. The molecule has 18 heavy (non-hydrogen) atoms. The fraction of sp³-hybridized carbons (Fsp3) is 0.923. The second kappa shape index (κ2) is 6.50. The lowest BCUT2D eigenvalue weighted by atomic mass is 9.93. The van der Waals surface area contributed by atoms with Crippen LogP contribution in [-0.4, -0.2) is 54.4 Å². The summed E-state index contributed by atoms with van der Waals surface area (Å²) in [6.07, 6.45) is 5.03. The lowest BCUT2D eigenvalue weighted by Gasteiger charge is -2.35. The van der Waals surface area contributed by atoms with E-state index >= 15 is 0 Å². The third-order valence-electron chi connectivity index (χ3n) is 4.04. The van der Waals surface area contributed by atoms with Crippen LogP contribution >= 0.6 is 0 Å².